The first-order valence-electron chi connectivity index (χ1n) is 6.39. The fourth-order valence-electron chi connectivity index (χ4n) is 2.57. The minimum Gasteiger partial charge on any atom is -0.465 e. The Labute approximate surface area is 118 Å². The van der Waals surface area contributed by atoms with Crippen LogP contribution in [0, 0.1) is 0 Å². The first-order chi connectivity index (χ1) is 9.62. The number of nitrogens with two attached hydrogens (primary N) is 1. The summed E-state index contributed by atoms with van der Waals surface area (Å²) in [5.74, 6) is -0.401. The summed E-state index contributed by atoms with van der Waals surface area (Å²) < 4.78 is 15.6. The maximum Gasteiger partial charge on any atom is 0.340 e. The maximum atomic E-state index is 11.9. The lowest BCUT2D eigenvalue weighted by molar-refractivity contribution is -0.00461. The predicted molar refractivity (Wildman–Crippen MR) is 76.0 cm³/mol. The van der Waals surface area contributed by atoms with Gasteiger partial charge in [-0.1, -0.05) is 6.07 Å². The van der Waals surface area contributed by atoms with E-state index in [9.17, 15) is 4.79 Å². The van der Waals surface area contributed by atoms with E-state index in [2.05, 4.69) is 0 Å². The highest BCUT2D eigenvalue weighted by Gasteiger charge is 2.35. The summed E-state index contributed by atoms with van der Waals surface area (Å²) >= 11 is 0. The number of benzene rings is 1. The van der Waals surface area contributed by atoms with Gasteiger partial charge in [-0.3, -0.25) is 0 Å². The molecule has 6 nitrogen and oxygen atoms in total. The van der Waals surface area contributed by atoms with E-state index in [4.69, 9.17) is 19.9 Å². The van der Waals surface area contributed by atoms with Crippen molar-refractivity contribution in [1.82, 2.24) is 0 Å². The van der Waals surface area contributed by atoms with Crippen LogP contribution in [0.4, 0.5) is 11.4 Å². The van der Waals surface area contributed by atoms with Crippen molar-refractivity contribution in [2.45, 2.75) is 12.2 Å². The van der Waals surface area contributed by atoms with Gasteiger partial charge in [0.25, 0.3) is 0 Å². The average molecular weight is 280 g/mol. The number of anilines is 2. The number of rotatable bonds is 4. The zero-order valence-electron chi connectivity index (χ0n) is 12.0. The number of esters is 1. The number of nitrogens with zero attached hydrogens (tertiary/aromatic N) is 1. The van der Waals surface area contributed by atoms with Gasteiger partial charge in [-0.15, -0.1) is 0 Å². The monoisotopic (exact) mass is 280 g/mol. The molecular weight excluding hydrogens is 260 g/mol. The molecule has 0 amide bonds. The molecule has 0 aromatic heterocycles. The normalized spacial score (nSPS) is 22.1. The quantitative estimate of drug-likeness (QED) is 0.652. The Kier molecular flexibility index (Phi) is 4.46. The Morgan fingerprint density at radius 1 is 1.20 bits per heavy atom. The fourth-order valence-corrected chi connectivity index (χ4v) is 2.57. The molecule has 2 atom stereocenters. The number of ether oxygens (including phenoxy) is 3. The van der Waals surface area contributed by atoms with E-state index >= 15 is 0 Å². The number of hydrogen-bond acceptors (Lipinski definition) is 6. The van der Waals surface area contributed by atoms with Crippen LogP contribution in [0.5, 0.6) is 0 Å². The molecule has 1 fully saturated rings. The molecule has 2 N–H and O–H groups in total. The first kappa shape index (κ1) is 14.6. The summed E-state index contributed by atoms with van der Waals surface area (Å²) in [6.45, 7) is 1.24. The van der Waals surface area contributed by atoms with Gasteiger partial charge in [0.2, 0.25) is 0 Å². The number of para-hydroxylation sites is 1. The van der Waals surface area contributed by atoms with Crippen molar-refractivity contribution < 1.29 is 19.0 Å². The summed E-state index contributed by atoms with van der Waals surface area (Å²) in [5.41, 5.74) is 7.72. The van der Waals surface area contributed by atoms with E-state index in [-0.39, 0.29) is 12.2 Å². The third kappa shape index (κ3) is 2.57. The van der Waals surface area contributed by atoms with Crippen LogP contribution in [-0.2, 0) is 14.2 Å². The van der Waals surface area contributed by atoms with Crippen LogP contribution < -0.4 is 10.6 Å². The van der Waals surface area contributed by atoms with Crippen molar-refractivity contribution in [1.29, 1.82) is 0 Å². The SMILES string of the molecule is COC(=O)c1cccc(N)c1N1CC(OC)C(OC)C1. The van der Waals surface area contributed by atoms with Crippen LogP contribution in [0.3, 0.4) is 0 Å². The van der Waals surface area contributed by atoms with Crippen molar-refractivity contribution in [3.05, 3.63) is 23.8 Å². The molecule has 2 unspecified atom stereocenters. The molecule has 6 heteroatoms. The molecule has 1 aromatic rings. The van der Waals surface area contributed by atoms with Crippen molar-refractivity contribution in [2.24, 2.45) is 0 Å². The minimum atomic E-state index is -0.401. The fraction of sp³-hybridized carbons (Fsp3) is 0.500. The first-order valence-corrected chi connectivity index (χ1v) is 6.39. The van der Waals surface area contributed by atoms with E-state index in [1.807, 2.05) is 4.90 Å². The van der Waals surface area contributed by atoms with Crippen molar-refractivity contribution in [3.63, 3.8) is 0 Å². The topological polar surface area (TPSA) is 74.0 Å². The molecule has 1 aliphatic rings. The van der Waals surface area contributed by atoms with Crippen molar-refractivity contribution >= 4 is 17.3 Å². The molecule has 20 heavy (non-hydrogen) atoms. The average Bonchev–Trinajstić information content (AvgIpc) is 2.88. The van der Waals surface area contributed by atoms with Gasteiger partial charge in [0, 0.05) is 27.3 Å². The zero-order valence-corrected chi connectivity index (χ0v) is 12.0. The van der Waals surface area contributed by atoms with Crippen LogP contribution in [0.15, 0.2) is 18.2 Å². The summed E-state index contributed by atoms with van der Waals surface area (Å²) in [6.07, 6.45) is -0.102. The number of nitrogen functional groups attached to an aromatic ring is 1. The lowest BCUT2D eigenvalue weighted by Crippen LogP contribution is -2.27. The highest BCUT2D eigenvalue weighted by molar-refractivity contribution is 5.99. The Morgan fingerprint density at radius 2 is 1.80 bits per heavy atom. The van der Waals surface area contributed by atoms with Crippen LogP contribution in [0.2, 0.25) is 0 Å². The van der Waals surface area contributed by atoms with E-state index in [0.717, 1.165) is 0 Å². The van der Waals surface area contributed by atoms with Crippen molar-refractivity contribution in [3.8, 4) is 0 Å². The Balaban J connectivity index is 2.36. The number of carbonyl (C=O) groups is 1. The summed E-state index contributed by atoms with van der Waals surface area (Å²) in [7, 11) is 4.65. The molecule has 0 saturated carbocycles. The van der Waals surface area contributed by atoms with E-state index in [1.165, 1.54) is 7.11 Å². The van der Waals surface area contributed by atoms with Gasteiger partial charge in [-0.25, -0.2) is 4.79 Å². The Bertz CT molecular complexity index is 480. The van der Waals surface area contributed by atoms with Gasteiger partial charge in [0.05, 0.1) is 24.0 Å². The molecule has 0 aliphatic carbocycles. The van der Waals surface area contributed by atoms with Gasteiger partial charge in [-0.2, -0.15) is 0 Å². The second-order valence-corrected chi connectivity index (χ2v) is 4.69. The van der Waals surface area contributed by atoms with Gasteiger partial charge in [-0.05, 0) is 12.1 Å². The molecule has 1 saturated heterocycles. The van der Waals surface area contributed by atoms with Gasteiger partial charge in [0.1, 0.15) is 12.2 Å². The largest absolute Gasteiger partial charge is 0.465 e. The molecule has 2 rings (SSSR count). The standard InChI is InChI=1S/C14H20N2O4/c1-18-11-7-16(8-12(11)19-2)13-9(14(17)20-3)5-4-6-10(13)15/h4-6,11-12H,7-8,15H2,1-3H3. The molecule has 0 spiro atoms. The molecule has 1 heterocycles. The minimum absolute atomic E-state index is 0.0508. The number of hydrogen-bond donors (Lipinski definition) is 1. The summed E-state index contributed by atoms with van der Waals surface area (Å²) in [4.78, 5) is 13.9. The lowest BCUT2D eigenvalue weighted by atomic mass is 10.1. The molecule has 1 aromatic carbocycles. The van der Waals surface area contributed by atoms with E-state index in [1.54, 1.807) is 32.4 Å². The highest BCUT2D eigenvalue weighted by atomic mass is 16.5. The third-order valence-electron chi connectivity index (χ3n) is 3.61. The van der Waals surface area contributed by atoms with Crippen molar-refractivity contribution in [2.75, 3.05) is 45.1 Å². The number of carbonyl (C=O) groups excluding carboxylic acids is 1. The molecule has 110 valence electrons. The van der Waals surface area contributed by atoms with Crippen LogP contribution >= 0.6 is 0 Å². The highest BCUT2D eigenvalue weighted by Crippen LogP contribution is 2.32. The third-order valence-corrected chi connectivity index (χ3v) is 3.61. The molecule has 0 bridgehead atoms. The Morgan fingerprint density at radius 3 is 2.30 bits per heavy atom. The molecule has 1 aliphatic heterocycles. The number of methoxy groups -OCH3 is 3. The van der Waals surface area contributed by atoms with Gasteiger partial charge < -0.3 is 24.8 Å². The van der Waals surface area contributed by atoms with Crippen LogP contribution in [0.1, 0.15) is 10.4 Å². The smallest absolute Gasteiger partial charge is 0.340 e. The second kappa shape index (κ2) is 6.11. The maximum absolute atomic E-state index is 11.9. The van der Waals surface area contributed by atoms with Gasteiger partial charge >= 0.3 is 5.97 Å². The molecular formula is C14H20N2O4. The molecule has 0 radical (unpaired) electrons. The van der Waals surface area contributed by atoms with E-state index < -0.39 is 5.97 Å². The summed E-state index contributed by atoms with van der Waals surface area (Å²) in [6, 6.07) is 5.21. The van der Waals surface area contributed by atoms with Crippen LogP contribution in [0.25, 0.3) is 0 Å². The van der Waals surface area contributed by atoms with E-state index in [0.29, 0.717) is 30.0 Å². The lowest BCUT2D eigenvalue weighted by Gasteiger charge is -2.22. The van der Waals surface area contributed by atoms with Gasteiger partial charge in [0.15, 0.2) is 0 Å². The zero-order chi connectivity index (χ0) is 14.7. The summed E-state index contributed by atoms with van der Waals surface area (Å²) in [5, 5.41) is 0. The predicted octanol–water partition coefficient (Wildman–Crippen LogP) is 0.905. The Hall–Kier alpha value is -1.79. The second-order valence-electron chi connectivity index (χ2n) is 4.69. The van der Waals surface area contributed by atoms with Crippen LogP contribution in [-0.4, -0.2) is 52.6 Å².